The van der Waals surface area contributed by atoms with E-state index in [2.05, 4.69) is 5.32 Å². The molecule has 1 saturated heterocycles. The number of benzene rings is 1. The number of hydrogen-bond acceptors (Lipinski definition) is 2. The topological polar surface area (TPSA) is 32.3 Å². The van der Waals surface area contributed by atoms with Gasteiger partial charge in [-0.3, -0.25) is 4.79 Å². The Morgan fingerprint density at radius 3 is 2.67 bits per heavy atom. The molecule has 0 aromatic heterocycles. The average molecular weight is 319 g/mol. The minimum Gasteiger partial charge on any atom is -0.340 e. The largest absolute Gasteiger partial charge is 0.340 e. The van der Waals surface area contributed by atoms with E-state index in [1.54, 1.807) is 7.05 Å². The minimum atomic E-state index is -0.616. The van der Waals surface area contributed by atoms with E-state index >= 15 is 0 Å². The molecule has 1 atom stereocenters. The van der Waals surface area contributed by atoms with Crippen molar-refractivity contribution in [2.24, 2.45) is 0 Å². The van der Waals surface area contributed by atoms with E-state index in [1.807, 2.05) is 6.92 Å². The normalized spacial score (nSPS) is 21.0. The Labute approximate surface area is 130 Å². The highest BCUT2D eigenvalue weighted by atomic mass is 35.5. The van der Waals surface area contributed by atoms with E-state index in [0.29, 0.717) is 12.0 Å². The molecule has 118 valence electrons. The first-order valence-electron chi connectivity index (χ1n) is 6.93. The number of hydrogen-bond donors (Lipinski definition) is 1. The van der Waals surface area contributed by atoms with Crippen LogP contribution in [0.15, 0.2) is 18.2 Å². The second kappa shape index (κ2) is 7.18. The molecule has 2 rings (SSSR count). The molecule has 1 fully saturated rings. The van der Waals surface area contributed by atoms with Crippen LogP contribution in [0, 0.1) is 11.6 Å². The van der Waals surface area contributed by atoms with Crippen LogP contribution in [0.4, 0.5) is 8.78 Å². The van der Waals surface area contributed by atoms with Crippen molar-refractivity contribution < 1.29 is 13.6 Å². The number of carbonyl (C=O) groups is 1. The Hall–Kier alpha value is -1.20. The Bertz CT molecular complexity index is 504. The van der Waals surface area contributed by atoms with Crippen LogP contribution in [0.5, 0.6) is 0 Å². The van der Waals surface area contributed by atoms with E-state index in [0.717, 1.165) is 25.5 Å². The lowest BCUT2D eigenvalue weighted by Crippen LogP contribution is -2.53. The van der Waals surface area contributed by atoms with Gasteiger partial charge in [0.2, 0.25) is 5.91 Å². The molecule has 1 unspecified atom stereocenters. The Morgan fingerprint density at radius 1 is 1.43 bits per heavy atom. The smallest absolute Gasteiger partial charge is 0.242 e. The molecule has 21 heavy (non-hydrogen) atoms. The maximum Gasteiger partial charge on any atom is 0.242 e. The van der Waals surface area contributed by atoms with Gasteiger partial charge in [-0.15, -0.1) is 12.4 Å². The number of carbonyl (C=O) groups excluding carboxylic acids is 1. The summed E-state index contributed by atoms with van der Waals surface area (Å²) in [5.74, 6) is -1.25. The van der Waals surface area contributed by atoms with Crippen molar-refractivity contribution in [1.82, 2.24) is 10.2 Å². The fourth-order valence-corrected chi connectivity index (χ4v) is 2.78. The maximum absolute atomic E-state index is 13.6. The van der Waals surface area contributed by atoms with Crippen molar-refractivity contribution in [3.05, 3.63) is 35.4 Å². The van der Waals surface area contributed by atoms with Crippen LogP contribution in [0.1, 0.15) is 31.7 Å². The summed E-state index contributed by atoms with van der Waals surface area (Å²) in [7, 11) is 1.66. The third kappa shape index (κ3) is 3.71. The molecule has 1 aliphatic rings. The van der Waals surface area contributed by atoms with Gasteiger partial charge in [0.1, 0.15) is 11.6 Å². The summed E-state index contributed by atoms with van der Waals surface area (Å²) in [5.41, 5.74) is -0.197. The van der Waals surface area contributed by atoms with Crippen molar-refractivity contribution in [1.29, 1.82) is 0 Å². The number of nitrogens with one attached hydrogen (secondary N) is 1. The van der Waals surface area contributed by atoms with Gasteiger partial charge in [0.05, 0.1) is 5.54 Å². The number of likely N-dealkylation sites (N-methyl/N-ethyl adjacent to an activating group) is 1. The third-order valence-corrected chi connectivity index (χ3v) is 4.03. The second-order valence-corrected chi connectivity index (χ2v) is 5.36. The third-order valence-electron chi connectivity index (χ3n) is 4.03. The highest BCUT2D eigenvalue weighted by Crippen LogP contribution is 2.26. The molecule has 1 aliphatic heterocycles. The highest BCUT2D eigenvalue weighted by molar-refractivity contribution is 5.86. The van der Waals surface area contributed by atoms with Crippen LogP contribution in [-0.4, -0.2) is 29.9 Å². The zero-order chi connectivity index (χ0) is 14.8. The summed E-state index contributed by atoms with van der Waals surface area (Å²) in [6.45, 7) is 2.95. The molecule has 1 aromatic carbocycles. The van der Waals surface area contributed by atoms with Gasteiger partial charge >= 0.3 is 0 Å². The lowest BCUT2D eigenvalue weighted by Gasteiger charge is -2.32. The molecular weight excluding hydrogens is 298 g/mol. The molecule has 1 heterocycles. The quantitative estimate of drug-likeness (QED) is 0.926. The molecule has 0 bridgehead atoms. The fourth-order valence-electron chi connectivity index (χ4n) is 2.78. The van der Waals surface area contributed by atoms with Crippen LogP contribution in [0.3, 0.4) is 0 Å². The monoisotopic (exact) mass is 318 g/mol. The number of halogens is 3. The van der Waals surface area contributed by atoms with Gasteiger partial charge < -0.3 is 10.2 Å². The van der Waals surface area contributed by atoms with Gasteiger partial charge in [0, 0.05) is 25.2 Å². The van der Waals surface area contributed by atoms with Gasteiger partial charge in [0.25, 0.3) is 0 Å². The Balaban J connectivity index is 0.00000220. The average Bonchev–Trinajstić information content (AvgIpc) is 2.91. The second-order valence-electron chi connectivity index (χ2n) is 5.36. The molecule has 0 spiro atoms. The van der Waals surface area contributed by atoms with Crippen LogP contribution < -0.4 is 5.32 Å². The summed E-state index contributed by atoms with van der Waals surface area (Å²) in [5, 5.41) is 3.27. The van der Waals surface area contributed by atoms with Crippen molar-refractivity contribution in [3.63, 3.8) is 0 Å². The van der Waals surface area contributed by atoms with Gasteiger partial charge in [-0.1, -0.05) is 13.0 Å². The summed E-state index contributed by atoms with van der Waals surface area (Å²) >= 11 is 0. The highest BCUT2D eigenvalue weighted by Gasteiger charge is 2.40. The van der Waals surface area contributed by atoms with Crippen LogP contribution >= 0.6 is 12.4 Å². The van der Waals surface area contributed by atoms with Crippen LogP contribution in [0.2, 0.25) is 0 Å². The van der Waals surface area contributed by atoms with E-state index in [1.165, 1.54) is 17.0 Å². The summed E-state index contributed by atoms with van der Waals surface area (Å²) in [4.78, 5) is 14.1. The SMILES string of the molecule is CCC1(C(=O)N(C)Cc2ccc(F)cc2F)CCCN1.Cl. The molecule has 0 radical (unpaired) electrons. The fraction of sp³-hybridized carbons (Fsp3) is 0.533. The van der Waals surface area contributed by atoms with Crippen molar-refractivity contribution in [3.8, 4) is 0 Å². The standard InChI is InChI=1S/C15H20F2N2O.ClH/c1-3-15(7-4-8-18-15)14(20)19(2)10-11-5-6-12(16)9-13(11)17;/h5-6,9,18H,3-4,7-8,10H2,1-2H3;1H. The zero-order valence-electron chi connectivity index (χ0n) is 12.3. The predicted molar refractivity (Wildman–Crippen MR) is 80.3 cm³/mol. The molecule has 3 nitrogen and oxygen atoms in total. The summed E-state index contributed by atoms with van der Waals surface area (Å²) < 4.78 is 26.5. The van der Waals surface area contributed by atoms with Gasteiger partial charge in [0.15, 0.2) is 0 Å². The van der Waals surface area contributed by atoms with Crippen LogP contribution in [-0.2, 0) is 11.3 Å². The minimum absolute atomic E-state index is 0. The lowest BCUT2D eigenvalue weighted by atomic mass is 9.92. The van der Waals surface area contributed by atoms with E-state index < -0.39 is 17.2 Å². The molecule has 1 N–H and O–H groups in total. The lowest BCUT2D eigenvalue weighted by molar-refractivity contribution is -0.137. The van der Waals surface area contributed by atoms with E-state index in [4.69, 9.17) is 0 Å². The van der Waals surface area contributed by atoms with Gasteiger partial charge in [-0.05, 0) is 31.9 Å². The molecule has 1 amide bonds. The molecule has 0 saturated carbocycles. The van der Waals surface area contributed by atoms with Crippen LogP contribution in [0.25, 0.3) is 0 Å². The molecular formula is C15H21ClF2N2O. The first-order chi connectivity index (χ1) is 9.48. The Kier molecular flexibility index (Phi) is 6.10. The zero-order valence-corrected chi connectivity index (χ0v) is 13.1. The van der Waals surface area contributed by atoms with E-state index in [-0.39, 0.29) is 24.9 Å². The number of rotatable bonds is 4. The molecule has 6 heteroatoms. The van der Waals surface area contributed by atoms with Gasteiger partial charge in [-0.2, -0.15) is 0 Å². The molecule has 1 aromatic rings. The molecule has 0 aliphatic carbocycles. The summed E-state index contributed by atoms with van der Waals surface area (Å²) in [6, 6.07) is 3.44. The summed E-state index contributed by atoms with van der Waals surface area (Å²) in [6.07, 6.45) is 2.49. The Morgan fingerprint density at radius 2 is 2.14 bits per heavy atom. The van der Waals surface area contributed by atoms with Gasteiger partial charge in [-0.25, -0.2) is 8.78 Å². The first kappa shape index (κ1) is 17.9. The van der Waals surface area contributed by atoms with Crippen molar-refractivity contribution >= 4 is 18.3 Å². The predicted octanol–water partition coefficient (Wildman–Crippen LogP) is 2.88. The maximum atomic E-state index is 13.6. The first-order valence-corrected chi connectivity index (χ1v) is 6.93. The van der Waals surface area contributed by atoms with Crippen molar-refractivity contribution in [2.75, 3.05) is 13.6 Å². The number of nitrogens with zero attached hydrogens (tertiary/aromatic N) is 1. The van der Waals surface area contributed by atoms with Crippen molar-refractivity contribution in [2.45, 2.75) is 38.3 Å². The number of amides is 1. The van der Waals surface area contributed by atoms with E-state index in [9.17, 15) is 13.6 Å².